The zero-order valence-corrected chi connectivity index (χ0v) is 15.7. The number of hydrogen-bond donors (Lipinski definition) is 1. The van der Waals surface area contributed by atoms with Crippen molar-refractivity contribution < 1.29 is 4.79 Å². The summed E-state index contributed by atoms with van der Waals surface area (Å²) in [6, 6.07) is 15.9. The van der Waals surface area contributed by atoms with Gasteiger partial charge < -0.3 is 5.32 Å². The van der Waals surface area contributed by atoms with Gasteiger partial charge in [-0.25, -0.2) is 14.6 Å². The van der Waals surface area contributed by atoms with Crippen molar-refractivity contribution in [2.75, 3.05) is 0 Å². The first kappa shape index (κ1) is 17.4. The van der Waals surface area contributed by atoms with Crippen LogP contribution in [0.25, 0.3) is 15.9 Å². The van der Waals surface area contributed by atoms with Gasteiger partial charge in [-0.15, -0.1) is 11.3 Å². The number of nitrogens with zero attached hydrogens (tertiary/aromatic N) is 4. The quantitative estimate of drug-likeness (QED) is 0.556. The molecule has 0 radical (unpaired) electrons. The fraction of sp³-hybridized carbons (Fsp3) is 0.200. The molecule has 0 saturated heterocycles. The van der Waals surface area contributed by atoms with Crippen molar-refractivity contribution in [2.24, 2.45) is 0 Å². The van der Waals surface area contributed by atoms with Crippen LogP contribution in [0.5, 0.6) is 0 Å². The zero-order chi connectivity index (χ0) is 18.6. The van der Waals surface area contributed by atoms with Crippen LogP contribution in [0.1, 0.15) is 30.0 Å². The van der Waals surface area contributed by atoms with Crippen LogP contribution < -0.4 is 5.32 Å². The van der Waals surface area contributed by atoms with Gasteiger partial charge >= 0.3 is 0 Å². The number of carbonyl (C=O) groups is 1. The summed E-state index contributed by atoms with van der Waals surface area (Å²) in [5.74, 6) is 0.0297. The van der Waals surface area contributed by atoms with E-state index in [2.05, 4.69) is 26.4 Å². The lowest BCUT2D eigenvalue weighted by Crippen LogP contribution is -2.26. The summed E-state index contributed by atoms with van der Waals surface area (Å²) in [5.41, 5.74) is 2.98. The molecule has 4 aromatic rings. The number of thiazole rings is 1. The lowest BCUT2D eigenvalue weighted by atomic mass is 10.1. The Hall–Kier alpha value is -3.06. The van der Waals surface area contributed by atoms with E-state index in [1.165, 1.54) is 6.33 Å². The molecule has 1 amide bonds. The molecule has 2 heterocycles. The molecule has 6 nitrogen and oxygen atoms in total. The third kappa shape index (κ3) is 4.03. The van der Waals surface area contributed by atoms with E-state index >= 15 is 0 Å². The minimum Gasteiger partial charge on any atom is -0.350 e. The Bertz CT molecular complexity index is 1010. The Morgan fingerprint density at radius 3 is 2.74 bits per heavy atom. The van der Waals surface area contributed by atoms with Gasteiger partial charge in [-0.3, -0.25) is 4.79 Å². The summed E-state index contributed by atoms with van der Waals surface area (Å²) in [6.07, 6.45) is 4.24. The van der Waals surface area contributed by atoms with E-state index in [1.807, 2.05) is 49.4 Å². The minimum absolute atomic E-state index is 0.0297. The summed E-state index contributed by atoms with van der Waals surface area (Å²) in [4.78, 5) is 20.8. The highest BCUT2D eigenvalue weighted by atomic mass is 32.1. The van der Waals surface area contributed by atoms with Crippen LogP contribution in [0.3, 0.4) is 0 Å². The van der Waals surface area contributed by atoms with Gasteiger partial charge in [-0.2, -0.15) is 5.10 Å². The second-order valence-corrected chi connectivity index (χ2v) is 7.41. The molecule has 1 atom stereocenters. The van der Waals surface area contributed by atoms with Crippen molar-refractivity contribution in [2.45, 2.75) is 25.8 Å². The second kappa shape index (κ2) is 7.67. The van der Waals surface area contributed by atoms with E-state index in [1.54, 1.807) is 22.3 Å². The summed E-state index contributed by atoms with van der Waals surface area (Å²) < 4.78 is 2.86. The van der Waals surface area contributed by atoms with E-state index in [4.69, 9.17) is 0 Å². The Kier molecular flexibility index (Phi) is 4.93. The number of amides is 1. The average Bonchev–Trinajstić information content (AvgIpc) is 3.36. The van der Waals surface area contributed by atoms with Crippen molar-refractivity contribution in [1.29, 1.82) is 0 Å². The van der Waals surface area contributed by atoms with Crippen LogP contribution in [0.15, 0.2) is 61.2 Å². The Labute approximate surface area is 160 Å². The molecule has 7 heteroatoms. The molecule has 0 aliphatic heterocycles. The smallest absolute Gasteiger partial charge is 0.220 e. The van der Waals surface area contributed by atoms with Gasteiger partial charge in [0.25, 0.3) is 0 Å². The predicted octanol–water partition coefficient (Wildman–Crippen LogP) is 3.69. The number of benzene rings is 2. The highest BCUT2D eigenvalue weighted by Crippen LogP contribution is 2.22. The minimum atomic E-state index is -0.0577. The SMILES string of the molecule is CC(NC(=O)CCc1nc2ccccc2s1)c1ccc(-n2cncn2)cc1. The van der Waals surface area contributed by atoms with E-state index in [9.17, 15) is 4.79 Å². The van der Waals surface area contributed by atoms with Gasteiger partial charge in [0, 0.05) is 12.8 Å². The molecule has 2 aromatic heterocycles. The number of carbonyl (C=O) groups excluding carboxylic acids is 1. The maximum absolute atomic E-state index is 12.3. The highest BCUT2D eigenvalue weighted by Gasteiger charge is 2.11. The Balaban J connectivity index is 1.33. The molecule has 0 aliphatic carbocycles. The number of aromatic nitrogens is 4. The van der Waals surface area contributed by atoms with Gasteiger partial charge in [0.1, 0.15) is 12.7 Å². The number of nitrogens with one attached hydrogen (secondary N) is 1. The molecule has 136 valence electrons. The van der Waals surface area contributed by atoms with Gasteiger partial charge in [0.05, 0.1) is 27.0 Å². The van der Waals surface area contributed by atoms with Crippen molar-refractivity contribution in [3.63, 3.8) is 0 Å². The lowest BCUT2D eigenvalue weighted by Gasteiger charge is -2.14. The molecule has 0 spiro atoms. The summed E-state index contributed by atoms with van der Waals surface area (Å²) in [7, 11) is 0. The van der Waals surface area contributed by atoms with E-state index in [0.717, 1.165) is 26.5 Å². The van der Waals surface area contributed by atoms with Crippen LogP contribution in [-0.2, 0) is 11.2 Å². The normalized spacial score (nSPS) is 12.2. The third-order valence-electron chi connectivity index (χ3n) is 4.36. The maximum Gasteiger partial charge on any atom is 0.220 e. The fourth-order valence-electron chi connectivity index (χ4n) is 2.90. The summed E-state index contributed by atoms with van der Waals surface area (Å²) >= 11 is 1.65. The largest absolute Gasteiger partial charge is 0.350 e. The van der Waals surface area contributed by atoms with E-state index < -0.39 is 0 Å². The van der Waals surface area contributed by atoms with Crippen LogP contribution in [0, 0.1) is 0 Å². The van der Waals surface area contributed by atoms with Crippen molar-refractivity contribution in [1.82, 2.24) is 25.1 Å². The lowest BCUT2D eigenvalue weighted by molar-refractivity contribution is -0.121. The van der Waals surface area contributed by atoms with Gasteiger partial charge in [0.2, 0.25) is 5.91 Å². The predicted molar refractivity (Wildman–Crippen MR) is 106 cm³/mol. The molecule has 2 aromatic carbocycles. The first-order chi connectivity index (χ1) is 13.2. The van der Waals surface area contributed by atoms with Crippen molar-refractivity contribution >= 4 is 27.5 Å². The molecule has 0 aliphatic rings. The monoisotopic (exact) mass is 377 g/mol. The van der Waals surface area contributed by atoms with Gasteiger partial charge in [-0.05, 0) is 36.8 Å². The molecule has 4 rings (SSSR count). The number of para-hydroxylation sites is 1. The molecule has 0 saturated carbocycles. The maximum atomic E-state index is 12.3. The Morgan fingerprint density at radius 1 is 1.19 bits per heavy atom. The summed E-state index contributed by atoms with van der Waals surface area (Å²) in [5, 5.41) is 8.16. The molecular formula is C20H19N5OS. The van der Waals surface area contributed by atoms with Crippen LogP contribution in [-0.4, -0.2) is 25.7 Å². The molecule has 0 bridgehead atoms. The molecule has 1 unspecified atom stereocenters. The summed E-state index contributed by atoms with van der Waals surface area (Å²) in [6.45, 7) is 1.99. The molecule has 27 heavy (non-hydrogen) atoms. The number of hydrogen-bond acceptors (Lipinski definition) is 5. The number of fused-ring (bicyclic) bond motifs is 1. The fourth-order valence-corrected chi connectivity index (χ4v) is 3.87. The van der Waals surface area contributed by atoms with Crippen LogP contribution in [0.4, 0.5) is 0 Å². The molecular weight excluding hydrogens is 358 g/mol. The first-order valence-electron chi connectivity index (χ1n) is 8.78. The van der Waals surface area contributed by atoms with Gasteiger partial charge in [0.15, 0.2) is 0 Å². The zero-order valence-electron chi connectivity index (χ0n) is 14.9. The number of rotatable bonds is 6. The number of aryl methyl sites for hydroxylation is 1. The molecule has 0 fully saturated rings. The van der Waals surface area contributed by atoms with Crippen LogP contribution in [0.2, 0.25) is 0 Å². The second-order valence-electron chi connectivity index (χ2n) is 6.30. The van der Waals surface area contributed by atoms with Gasteiger partial charge in [-0.1, -0.05) is 24.3 Å². The molecule has 1 N–H and O–H groups in total. The standard InChI is InChI=1S/C20H19N5OS/c1-14(15-6-8-16(9-7-15)25-13-21-12-22-25)23-19(26)10-11-20-24-17-4-2-3-5-18(17)27-20/h2-9,12-14H,10-11H2,1H3,(H,23,26). The van der Waals surface area contributed by atoms with Crippen molar-refractivity contribution in [3.8, 4) is 5.69 Å². The highest BCUT2D eigenvalue weighted by molar-refractivity contribution is 7.18. The van der Waals surface area contributed by atoms with Crippen molar-refractivity contribution in [3.05, 3.63) is 71.8 Å². The third-order valence-corrected chi connectivity index (χ3v) is 5.45. The topological polar surface area (TPSA) is 72.7 Å². The van der Waals surface area contributed by atoms with Crippen LogP contribution >= 0.6 is 11.3 Å². The Morgan fingerprint density at radius 2 is 2.00 bits per heavy atom. The van der Waals surface area contributed by atoms with E-state index in [0.29, 0.717) is 12.8 Å². The van der Waals surface area contributed by atoms with E-state index in [-0.39, 0.29) is 11.9 Å². The first-order valence-corrected chi connectivity index (χ1v) is 9.59. The average molecular weight is 377 g/mol.